The van der Waals surface area contributed by atoms with Crippen molar-refractivity contribution < 1.29 is 9.47 Å². The number of likely N-dealkylation sites (tertiary alicyclic amines) is 1. The standard InChI is InChI=1S/C18H21N3O2/c1-2-8-20-17(5-1)23-16-6-9-22-18(10-16)13-21(14-18)12-15-4-3-7-19-11-15/h1-5,7-8,11,16H,6,9-10,12-14H2/t16-/m0/s1. The molecule has 2 aliphatic heterocycles. The first-order chi connectivity index (χ1) is 11.3. The smallest absolute Gasteiger partial charge is 0.213 e. The van der Waals surface area contributed by atoms with Crippen LogP contribution in [0.5, 0.6) is 5.88 Å². The maximum absolute atomic E-state index is 6.08. The van der Waals surface area contributed by atoms with E-state index in [0.717, 1.165) is 39.1 Å². The number of hydrogen-bond donors (Lipinski definition) is 0. The summed E-state index contributed by atoms with van der Waals surface area (Å²) in [6.07, 6.45) is 7.57. The van der Waals surface area contributed by atoms with Gasteiger partial charge in [0, 0.05) is 57.1 Å². The van der Waals surface area contributed by atoms with Crippen LogP contribution in [-0.2, 0) is 11.3 Å². The molecule has 4 heterocycles. The summed E-state index contributed by atoms with van der Waals surface area (Å²) in [6, 6.07) is 9.88. The molecule has 0 N–H and O–H groups in total. The van der Waals surface area contributed by atoms with Gasteiger partial charge in [-0.1, -0.05) is 12.1 Å². The van der Waals surface area contributed by atoms with Gasteiger partial charge < -0.3 is 9.47 Å². The first-order valence-electron chi connectivity index (χ1n) is 8.14. The zero-order valence-corrected chi connectivity index (χ0v) is 13.1. The Morgan fingerprint density at radius 3 is 2.96 bits per heavy atom. The lowest BCUT2D eigenvalue weighted by Gasteiger charge is -2.53. The topological polar surface area (TPSA) is 47.5 Å². The predicted molar refractivity (Wildman–Crippen MR) is 86.1 cm³/mol. The Morgan fingerprint density at radius 1 is 1.22 bits per heavy atom. The summed E-state index contributed by atoms with van der Waals surface area (Å²) in [5.41, 5.74) is 1.21. The first kappa shape index (κ1) is 14.6. The van der Waals surface area contributed by atoms with Crippen LogP contribution in [0.4, 0.5) is 0 Å². The van der Waals surface area contributed by atoms with Crippen molar-refractivity contribution in [2.45, 2.75) is 31.1 Å². The van der Waals surface area contributed by atoms with E-state index in [4.69, 9.17) is 9.47 Å². The van der Waals surface area contributed by atoms with E-state index >= 15 is 0 Å². The molecule has 2 aliphatic rings. The van der Waals surface area contributed by atoms with Crippen LogP contribution in [-0.4, -0.2) is 46.3 Å². The average molecular weight is 311 g/mol. The van der Waals surface area contributed by atoms with Crippen LogP contribution in [0.15, 0.2) is 48.9 Å². The van der Waals surface area contributed by atoms with Crippen molar-refractivity contribution in [3.05, 3.63) is 54.5 Å². The number of pyridine rings is 2. The molecule has 0 unspecified atom stereocenters. The molecule has 4 rings (SSSR count). The number of ether oxygens (including phenoxy) is 2. The summed E-state index contributed by atoms with van der Waals surface area (Å²) in [5, 5.41) is 0. The van der Waals surface area contributed by atoms with Gasteiger partial charge in [0.1, 0.15) is 6.10 Å². The Kier molecular flexibility index (Phi) is 3.97. The van der Waals surface area contributed by atoms with Crippen molar-refractivity contribution in [2.24, 2.45) is 0 Å². The van der Waals surface area contributed by atoms with Crippen LogP contribution in [0.3, 0.4) is 0 Å². The Labute approximate surface area is 136 Å². The lowest BCUT2D eigenvalue weighted by atomic mass is 9.84. The van der Waals surface area contributed by atoms with E-state index in [1.165, 1.54) is 5.56 Å². The van der Waals surface area contributed by atoms with Gasteiger partial charge in [-0.3, -0.25) is 9.88 Å². The Morgan fingerprint density at radius 2 is 2.17 bits per heavy atom. The molecule has 2 aromatic rings. The molecule has 0 radical (unpaired) electrons. The summed E-state index contributed by atoms with van der Waals surface area (Å²) in [6.45, 7) is 3.62. The van der Waals surface area contributed by atoms with Crippen molar-refractivity contribution in [2.75, 3.05) is 19.7 Å². The van der Waals surface area contributed by atoms with E-state index < -0.39 is 0 Å². The summed E-state index contributed by atoms with van der Waals surface area (Å²) in [4.78, 5) is 10.8. The van der Waals surface area contributed by atoms with Crippen molar-refractivity contribution in [3.63, 3.8) is 0 Å². The Balaban J connectivity index is 1.32. The molecule has 2 aromatic heterocycles. The van der Waals surface area contributed by atoms with Gasteiger partial charge in [-0.25, -0.2) is 4.98 Å². The third-order valence-electron chi connectivity index (χ3n) is 4.53. The van der Waals surface area contributed by atoms with Crippen LogP contribution >= 0.6 is 0 Å². The van der Waals surface area contributed by atoms with Gasteiger partial charge in [0.15, 0.2) is 0 Å². The molecule has 0 aromatic carbocycles. The summed E-state index contributed by atoms with van der Waals surface area (Å²) in [5.74, 6) is 0.709. The monoisotopic (exact) mass is 311 g/mol. The lowest BCUT2D eigenvalue weighted by Crippen LogP contribution is -2.65. The quantitative estimate of drug-likeness (QED) is 0.867. The molecule has 5 nitrogen and oxygen atoms in total. The maximum atomic E-state index is 6.08. The normalized spacial score (nSPS) is 23.4. The highest BCUT2D eigenvalue weighted by Crippen LogP contribution is 2.36. The fourth-order valence-electron chi connectivity index (χ4n) is 3.52. The predicted octanol–water partition coefficient (Wildman–Crippen LogP) is 2.29. The molecule has 5 heteroatoms. The first-order valence-corrected chi connectivity index (χ1v) is 8.14. The van der Waals surface area contributed by atoms with Gasteiger partial charge in [0.25, 0.3) is 0 Å². The van der Waals surface area contributed by atoms with Crippen molar-refractivity contribution in [1.82, 2.24) is 14.9 Å². The van der Waals surface area contributed by atoms with E-state index in [0.29, 0.717) is 5.88 Å². The molecule has 0 amide bonds. The third kappa shape index (κ3) is 3.35. The van der Waals surface area contributed by atoms with Gasteiger partial charge in [0.05, 0.1) is 12.2 Å². The van der Waals surface area contributed by atoms with Gasteiger partial charge in [0.2, 0.25) is 5.88 Å². The number of hydrogen-bond acceptors (Lipinski definition) is 5. The maximum Gasteiger partial charge on any atom is 0.213 e. The van der Waals surface area contributed by atoms with Crippen LogP contribution < -0.4 is 4.74 Å². The second kappa shape index (κ2) is 6.26. The molecule has 0 aliphatic carbocycles. The highest BCUT2D eigenvalue weighted by atomic mass is 16.5. The number of rotatable bonds is 4. The van der Waals surface area contributed by atoms with Crippen molar-refractivity contribution in [3.8, 4) is 5.88 Å². The largest absolute Gasteiger partial charge is 0.474 e. The third-order valence-corrected chi connectivity index (χ3v) is 4.53. The highest BCUT2D eigenvalue weighted by Gasteiger charge is 2.48. The molecule has 120 valence electrons. The molecule has 2 saturated heterocycles. The Bertz CT molecular complexity index is 629. The average Bonchev–Trinajstić information content (AvgIpc) is 2.56. The van der Waals surface area contributed by atoms with Gasteiger partial charge >= 0.3 is 0 Å². The Hall–Kier alpha value is -1.98. The molecular weight excluding hydrogens is 290 g/mol. The second-order valence-electron chi connectivity index (χ2n) is 6.44. The molecule has 2 fully saturated rings. The SMILES string of the molecule is c1ccc(O[C@H]2CCOC3(C2)CN(Cc2cccnc2)C3)nc1. The molecule has 0 saturated carbocycles. The summed E-state index contributed by atoms with van der Waals surface area (Å²) >= 11 is 0. The highest BCUT2D eigenvalue weighted by molar-refractivity contribution is 5.13. The minimum Gasteiger partial charge on any atom is -0.474 e. The molecule has 23 heavy (non-hydrogen) atoms. The summed E-state index contributed by atoms with van der Waals surface area (Å²) < 4.78 is 12.1. The van der Waals surface area contributed by atoms with Crippen molar-refractivity contribution in [1.29, 1.82) is 0 Å². The van der Waals surface area contributed by atoms with E-state index in [1.807, 2.05) is 36.7 Å². The molecule has 0 bridgehead atoms. The molecular formula is C18H21N3O2. The number of nitrogens with zero attached hydrogens (tertiary/aromatic N) is 3. The molecule has 1 spiro atoms. The molecule has 1 atom stereocenters. The van der Waals surface area contributed by atoms with E-state index in [1.54, 1.807) is 6.20 Å². The van der Waals surface area contributed by atoms with Gasteiger partial charge in [-0.2, -0.15) is 0 Å². The van der Waals surface area contributed by atoms with Crippen LogP contribution in [0.25, 0.3) is 0 Å². The zero-order chi connectivity index (χ0) is 15.5. The van der Waals surface area contributed by atoms with Crippen molar-refractivity contribution >= 4 is 0 Å². The second-order valence-corrected chi connectivity index (χ2v) is 6.44. The fourth-order valence-corrected chi connectivity index (χ4v) is 3.52. The van der Waals surface area contributed by atoms with E-state index in [9.17, 15) is 0 Å². The number of aromatic nitrogens is 2. The van der Waals surface area contributed by atoms with Gasteiger partial charge in [-0.15, -0.1) is 0 Å². The summed E-state index contributed by atoms with van der Waals surface area (Å²) in [7, 11) is 0. The minimum absolute atomic E-state index is 0.0418. The van der Waals surface area contributed by atoms with E-state index in [2.05, 4.69) is 20.9 Å². The minimum atomic E-state index is -0.0418. The van der Waals surface area contributed by atoms with Crippen LogP contribution in [0, 0.1) is 0 Å². The lowest BCUT2D eigenvalue weighted by molar-refractivity contribution is -0.188. The van der Waals surface area contributed by atoms with E-state index in [-0.39, 0.29) is 11.7 Å². The fraction of sp³-hybridized carbons (Fsp3) is 0.444. The van der Waals surface area contributed by atoms with Crippen LogP contribution in [0.2, 0.25) is 0 Å². The zero-order valence-electron chi connectivity index (χ0n) is 13.1. The van der Waals surface area contributed by atoms with Gasteiger partial charge in [-0.05, 0) is 17.7 Å². The van der Waals surface area contributed by atoms with Crippen LogP contribution in [0.1, 0.15) is 18.4 Å².